The van der Waals surface area contributed by atoms with Gasteiger partial charge in [0.05, 0.1) is 0 Å². The number of aryl methyl sites for hydroxylation is 1. The summed E-state index contributed by atoms with van der Waals surface area (Å²) in [6, 6.07) is 8.95. The topological polar surface area (TPSA) is 12.0 Å². The van der Waals surface area contributed by atoms with E-state index < -0.39 is 8.99 Å². The van der Waals surface area contributed by atoms with Gasteiger partial charge in [-0.25, -0.2) is 0 Å². The van der Waals surface area contributed by atoms with Crippen LogP contribution in [0.15, 0.2) is 24.3 Å². The van der Waals surface area contributed by atoms with Gasteiger partial charge in [-0.3, -0.25) is 0 Å². The third-order valence-electron chi connectivity index (χ3n) is 1.96. The fourth-order valence-electron chi connectivity index (χ4n) is 1.09. The second-order valence-corrected chi connectivity index (χ2v) is 4.45. The van der Waals surface area contributed by atoms with Gasteiger partial charge in [0.25, 0.3) is 0 Å². The highest BCUT2D eigenvalue weighted by molar-refractivity contribution is 6.92. The Hall–Kier alpha value is -0.313. The number of rotatable bonds is 3. The normalized spacial score (nSPS) is 13.9. The van der Waals surface area contributed by atoms with Crippen LogP contribution in [0.25, 0.3) is 0 Å². The second-order valence-electron chi connectivity index (χ2n) is 2.97. The predicted molar refractivity (Wildman–Crippen MR) is 57.1 cm³/mol. The van der Waals surface area contributed by atoms with Crippen molar-refractivity contribution in [3.63, 3.8) is 0 Å². The number of benzene rings is 1. The van der Waals surface area contributed by atoms with Gasteiger partial charge in [-0.2, -0.15) is 11.1 Å². The molecule has 0 radical (unpaired) electrons. The highest BCUT2D eigenvalue weighted by atomic mass is 35.6. The Bertz CT molecular complexity index is 235. The van der Waals surface area contributed by atoms with Crippen molar-refractivity contribution in [1.82, 2.24) is 4.98 Å². The lowest BCUT2D eigenvalue weighted by atomic mass is 10.1. The fourth-order valence-corrected chi connectivity index (χ4v) is 2.25. The van der Waals surface area contributed by atoms with Crippen LogP contribution in [0.5, 0.6) is 0 Å². The van der Waals surface area contributed by atoms with Crippen LogP contribution < -0.4 is 4.98 Å². The molecule has 12 heavy (non-hydrogen) atoms. The van der Waals surface area contributed by atoms with E-state index in [9.17, 15) is 0 Å². The van der Waals surface area contributed by atoms with Crippen LogP contribution in [0, 0.1) is 6.92 Å². The van der Waals surface area contributed by atoms with Gasteiger partial charge in [-0.05, 0) is 19.4 Å². The summed E-state index contributed by atoms with van der Waals surface area (Å²) in [4.78, 5) is 3.29. The average molecular weight is 200 g/mol. The van der Waals surface area contributed by atoms with Gasteiger partial charge < -0.3 is 4.98 Å². The number of hydrogen-bond acceptors (Lipinski definition) is 1. The quantitative estimate of drug-likeness (QED) is 0.579. The van der Waals surface area contributed by atoms with Gasteiger partial charge in [0, 0.05) is 6.04 Å². The summed E-state index contributed by atoms with van der Waals surface area (Å²) in [6.45, 7) is 4.23. The highest BCUT2D eigenvalue weighted by Gasteiger charge is 2.01. The molecular formula is C9H14ClNSi. The van der Waals surface area contributed by atoms with Crippen molar-refractivity contribution >= 4 is 20.1 Å². The Balaban J connectivity index is 2.68. The molecule has 0 saturated heterocycles. The van der Waals surface area contributed by atoms with Gasteiger partial charge in [0.2, 0.25) is 0 Å². The molecule has 0 fully saturated rings. The molecule has 0 spiro atoms. The Morgan fingerprint density at radius 1 is 1.33 bits per heavy atom. The molecule has 0 aromatic heterocycles. The minimum atomic E-state index is -0.565. The van der Waals surface area contributed by atoms with E-state index >= 15 is 0 Å². The summed E-state index contributed by atoms with van der Waals surface area (Å²) in [5.41, 5.74) is 2.61. The van der Waals surface area contributed by atoms with Crippen molar-refractivity contribution < 1.29 is 0 Å². The summed E-state index contributed by atoms with van der Waals surface area (Å²) >= 11 is 5.71. The maximum Gasteiger partial charge on any atom is 0.195 e. The molecule has 1 aromatic carbocycles. The minimum Gasteiger partial charge on any atom is -0.324 e. The number of hydrogen-bond donors (Lipinski definition) is 1. The van der Waals surface area contributed by atoms with Crippen LogP contribution in [0.3, 0.4) is 0 Å². The maximum absolute atomic E-state index is 5.71. The summed E-state index contributed by atoms with van der Waals surface area (Å²) in [5, 5.41) is 0. The zero-order valence-corrected chi connectivity index (χ0v) is 9.64. The molecule has 1 rings (SSSR count). The molecule has 0 aliphatic carbocycles. The summed E-state index contributed by atoms with van der Waals surface area (Å²) in [7, 11) is -0.565. The van der Waals surface area contributed by atoms with E-state index in [4.69, 9.17) is 11.1 Å². The smallest absolute Gasteiger partial charge is 0.195 e. The van der Waals surface area contributed by atoms with E-state index in [0.717, 1.165) is 0 Å². The third kappa shape index (κ3) is 2.63. The number of nitrogens with one attached hydrogen (secondary N) is 1. The van der Waals surface area contributed by atoms with E-state index in [1.807, 2.05) is 0 Å². The minimum absolute atomic E-state index is 0.398. The van der Waals surface area contributed by atoms with Crippen molar-refractivity contribution in [2.24, 2.45) is 0 Å². The molecule has 66 valence electrons. The first-order chi connectivity index (χ1) is 5.74. The standard InChI is InChI=1S/C9H14ClNSi/c1-7-3-5-9(6-4-7)8(2)11-12-10/h3-6,8,11H,12H2,1-2H3. The van der Waals surface area contributed by atoms with E-state index in [1.54, 1.807) is 0 Å². The molecule has 3 heteroatoms. The summed E-state index contributed by atoms with van der Waals surface area (Å²) in [6.07, 6.45) is 0. The molecule has 1 atom stereocenters. The zero-order valence-electron chi connectivity index (χ0n) is 7.47. The monoisotopic (exact) mass is 199 g/mol. The molecule has 0 bridgehead atoms. The van der Waals surface area contributed by atoms with Crippen LogP contribution in [-0.2, 0) is 0 Å². The Morgan fingerprint density at radius 3 is 2.42 bits per heavy atom. The zero-order chi connectivity index (χ0) is 8.97. The SMILES string of the molecule is Cc1ccc(C(C)N[SiH2]Cl)cc1. The van der Waals surface area contributed by atoms with Crippen LogP contribution in [0.1, 0.15) is 24.1 Å². The van der Waals surface area contributed by atoms with Crippen LogP contribution in [-0.4, -0.2) is 8.99 Å². The molecule has 0 aliphatic heterocycles. The van der Waals surface area contributed by atoms with Crippen molar-refractivity contribution in [2.75, 3.05) is 0 Å². The summed E-state index contributed by atoms with van der Waals surface area (Å²) < 4.78 is 0. The molecule has 1 unspecified atom stereocenters. The van der Waals surface area contributed by atoms with E-state index in [-0.39, 0.29) is 0 Å². The first kappa shape index (κ1) is 9.77. The first-order valence-corrected chi connectivity index (χ1v) is 6.94. The third-order valence-corrected chi connectivity index (χ3v) is 3.19. The first-order valence-electron chi connectivity index (χ1n) is 4.10. The van der Waals surface area contributed by atoms with Crippen molar-refractivity contribution in [2.45, 2.75) is 19.9 Å². The molecular weight excluding hydrogens is 186 g/mol. The Morgan fingerprint density at radius 2 is 1.92 bits per heavy atom. The van der Waals surface area contributed by atoms with E-state index in [1.165, 1.54) is 11.1 Å². The van der Waals surface area contributed by atoms with E-state index in [2.05, 4.69) is 43.1 Å². The number of halogens is 1. The van der Waals surface area contributed by atoms with Gasteiger partial charge in [-0.15, -0.1) is 0 Å². The Kier molecular flexibility index (Phi) is 3.79. The predicted octanol–water partition coefficient (Wildman–Crippen LogP) is 1.88. The highest BCUT2D eigenvalue weighted by Crippen LogP contribution is 2.12. The molecule has 1 aromatic rings. The largest absolute Gasteiger partial charge is 0.324 e. The van der Waals surface area contributed by atoms with Gasteiger partial charge in [0.15, 0.2) is 8.99 Å². The van der Waals surface area contributed by atoms with E-state index in [0.29, 0.717) is 6.04 Å². The van der Waals surface area contributed by atoms with Crippen LogP contribution in [0.4, 0.5) is 0 Å². The average Bonchev–Trinajstić information content (AvgIpc) is 2.06. The molecule has 0 heterocycles. The lowest BCUT2D eigenvalue weighted by Crippen LogP contribution is -2.19. The Labute approximate surface area is 80.7 Å². The molecule has 0 saturated carbocycles. The lowest BCUT2D eigenvalue weighted by Gasteiger charge is -2.11. The van der Waals surface area contributed by atoms with Crippen molar-refractivity contribution in [1.29, 1.82) is 0 Å². The molecule has 1 nitrogen and oxygen atoms in total. The van der Waals surface area contributed by atoms with Crippen LogP contribution in [0.2, 0.25) is 0 Å². The van der Waals surface area contributed by atoms with Crippen molar-refractivity contribution in [3.8, 4) is 0 Å². The van der Waals surface area contributed by atoms with Crippen LogP contribution >= 0.6 is 11.1 Å². The molecule has 0 aliphatic rings. The fraction of sp³-hybridized carbons (Fsp3) is 0.333. The lowest BCUT2D eigenvalue weighted by molar-refractivity contribution is 0.741. The van der Waals surface area contributed by atoms with Gasteiger partial charge in [-0.1, -0.05) is 29.8 Å². The maximum atomic E-state index is 5.71. The molecule has 0 amide bonds. The summed E-state index contributed by atoms with van der Waals surface area (Å²) in [5.74, 6) is 0. The molecule has 1 N–H and O–H groups in total. The van der Waals surface area contributed by atoms with Gasteiger partial charge >= 0.3 is 0 Å². The van der Waals surface area contributed by atoms with Gasteiger partial charge in [0.1, 0.15) is 0 Å². The second kappa shape index (κ2) is 4.65. The van der Waals surface area contributed by atoms with Crippen molar-refractivity contribution in [3.05, 3.63) is 35.4 Å².